The molecule has 1 aliphatic rings. The predicted molar refractivity (Wildman–Crippen MR) is 80.9 cm³/mol. The number of hydrogen-bond donors (Lipinski definition) is 3. The first-order valence-electron chi connectivity index (χ1n) is 7.73. The SMILES string of the molecule is CC(C)(O)C(C)(C)NC(=O)CC1(CC(=O)O)CCCCC1. The van der Waals surface area contributed by atoms with Gasteiger partial charge in [0.1, 0.15) is 0 Å². The van der Waals surface area contributed by atoms with Crippen LogP contribution >= 0.6 is 0 Å². The molecule has 0 unspecified atom stereocenters. The maximum absolute atomic E-state index is 12.3. The van der Waals surface area contributed by atoms with Gasteiger partial charge in [0, 0.05) is 6.42 Å². The number of carbonyl (C=O) groups is 2. The highest BCUT2D eigenvalue weighted by atomic mass is 16.4. The monoisotopic (exact) mass is 299 g/mol. The van der Waals surface area contributed by atoms with E-state index in [-0.39, 0.29) is 18.7 Å². The number of carboxylic acid groups (broad SMARTS) is 1. The van der Waals surface area contributed by atoms with Crippen LogP contribution in [0.15, 0.2) is 0 Å². The van der Waals surface area contributed by atoms with Gasteiger partial charge in [0.15, 0.2) is 0 Å². The molecular formula is C16H29NO4. The van der Waals surface area contributed by atoms with E-state index in [4.69, 9.17) is 5.11 Å². The molecule has 1 amide bonds. The summed E-state index contributed by atoms with van der Waals surface area (Å²) in [5.41, 5.74) is -2.23. The van der Waals surface area contributed by atoms with E-state index in [1.54, 1.807) is 27.7 Å². The Labute approximate surface area is 127 Å². The summed E-state index contributed by atoms with van der Waals surface area (Å²) in [6.45, 7) is 6.85. The maximum Gasteiger partial charge on any atom is 0.303 e. The Kier molecular flexibility index (Phi) is 5.42. The number of hydrogen-bond acceptors (Lipinski definition) is 3. The summed E-state index contributed by atoms with van der Waals surface area (Å²) in [7, 11) is 0. The van der Waals surface area contributed by atoms with Crippen molar-refractivity contribution in [2.24, 2.45) is 5.41 Å². The molecule has 5 nitrogen and oxygen atoms in total. The first-order chi connectivity index (χ1) is 9.47. The summed E-state index contributed by atoms with van der Waals surface area (Å²) in [4.78, 5) is 23.5. The molecule has 0 heterocycles. The fraction of sp³-hybridized carbons (Fsp3) is 0.875. The van der Waals surface area contributed by atoms with Gasteiger partial charge in [0.05, 0.1) is 17.6 Å². The Hall–Kier alpha value is -1.10. The number of aliphatic hydroxyl groups is 1. The van der Waals surface area contributed by atoms with Gasteiger partial charge < -0.3 is 15.5 Å². The third-order valence-corrected chi connectivity index (χ3v) is 4.96. The molecule has 0 atom stereocenters. The minimum absolute atomic E-state index is 0.0450. The smallest absolute Gasteiger partial charge is 0.303 e. The fourth-order valence-electron chi connectivity index (χ4n) is 2.92. The summed E-state index contributed by atoms with van der Waals surface area (Å²) in [6.07, 6.45) is 4.91. The summed E-state index contributed by atoms with van der Waals surface area (Å²) >= 11 is 0. The van der Waals surface area contributed by atoms with Gasteiger partial charge in [-0.25, -0.2) is 0 Å². The molecule has 1 aliphatic carbocycles. The molecule has 0 aliphatic heterocycles. The molecule has 21 heavy (non-hydrogen) atoms. The molecule has 1 rings (SSSR count). The maximum atomic E-state index is 12.3. The second-order valence-corrected chi connectivity index (χ2v) is 7.54. The van der Waals surface area contributed by atoms with E-state index >= 15 is 0 Å². The zero-order chi connectivity index (χ0) is 16.3. The topological polar surface area (TPSA) is 86.6 Å². The number of rotatable bonds is 6. The average Bonchev–Trinajstić information content (AvgIpc) is 2.25. The van der Waals surface area contributed by atoms with E-state index < -0.39 is 22.5 Å². The van der Waals surface area contributed by atoms with E-state index in [0.717, 1.165) is 32.1 Å². The molecule has 0 aromatic carbocycles. The highest BCUT2D eigenvalue weighted by Crippen LogP contribution is 2.42. The highest BCUT2D eigenvalue weighted by Gasteiger charge is 2.40. The molecular weight excluding hydrogens is 270 g/mol. The van der Waals surface area contributed by atoms with Crippen molar-refractivity contribution in [3.63, 3.8) is 0 Å². The van der Waals surface area contributed by atoms with Crippen LogP contribution in [0.1, 0.15) is 72.6 Å². The summed E-state index contributed by atoms with van der Waals surface area (Å²) in [6, 6.07) is 0. The Morgan fingerprint density at radius 2 is 1.57 bits per heavy atom. The molecule has 0 aromatic heterocycles. The Morgan fingerprint density at radius 3 is 2.00 bits per heavy atom. The van der Waals surface area contributed by atoms with Crippen LogP contribution in [0.4, 0.5) is 0 Å². The summed E-state index contributed by atoms with van der Waals surface area (Å²) < 4.78 is 0. The zero-order valence-corrected chi connectivity index (χ0v) is 13.7. The molecule has 0 bridgehead atoms. The molecule has 1 fully saturated rings. The number of aliphatic carboxylic acids is 1. The second-order valence-electron chi connectivity index (χ2n) is 7.54. The molecule has 0 radical (unpaired) electrons. The van der Waals surface area contributed by atoms with Crippen molar-refractivity contribution in [3.8, 4) is 0 Å². The molecule has 0 aromatic rings. The Morgan fingerprint density at radius 1 is 1.05 bits per heavy atom. The van der Waals surface area contributed by atoms with Crippen molar-refractivity contribution in [2.45, 2.75) is 83.8 Å². The molecule has 0 spiro atoms. The van der Waals surface area contributed by atoms with Crippen LogP contribution in [0.2, 0.25) is 0 Å². The lowest BCUT2D eigenvalue weighted by atomic mass is 9.69. The van der Waals surface area contributed by atoms with Gasteiger partial charge in [-0.2, -0.15) is 0 Å². The van der Waals surface area contributed by atoms with Crippen LogP contribution in [-0.2, 0) is 9.59 Å². The van der Waals surface area contributed by atoms with Crippen LogP contribution in [0.3, 0.4) is 0 Å². The fourth-order valence-corrected chi connectivity index (χ4v) is 2.92. The van der Waals surface area contributed by atoms with Crippen LogP contribution in [0.5, 0.6) is 0 Å². The van der Waals surface area contributed by atoms with Gasteiger partial charge in [0.2, 0.25) is 5.91 Å². The molecule has 1 saturated carbocycles. The van der Waals surface area contributed by atoms with Crippen LogP contribution < -0.4 is 5.32 Å². The first-order valence-corrected chi connectivity index (χ1v) is 7.73. The van der Waals surface area contributed by atoms with Crippen molar-refractivity contribution in [1.82, 2.24) is 5.32 Å². The minimum Gasteiger partial charge on any atom is -0.481 e. The Balaban J connectivity index is 2.75. The average molecular weight is 299 g/mol. The molecule has 122 valence electrons. The van der Waals surface area contributed by atoms with Gasteiger partial charge in [-0.05, 0) is 46.0 Å². The van der Waals surface area contributed by atoms with Crippen LogP contribution in [0, 0.1) is 5.41 Å². The van der Waals surface area contributed by atoms with Gasteiger partial charge in [0.25, 0.3) is 0 Å². The summed E-state index contributed by atoms with van der Waals surface area (Å²) in [5.74, 6) is -1.02. The Bertz CT molecular complexity index is 390. The molecule has 5 heteroatoms. The van der Waals surface area contributed by atoms with E-state index in [1.165, 1.54) is 0 Å². The number of nitrogens with one attached hydrogen (secondary N) is 1. The quantitative estimate of drug-likeness (QED) is 0.703. The summed E-state index contributed by atoms with van der Waals surface area (Å²) in [5, 5.41) is 22.1. The van der Waals surface area contributed by atoms with Crippen molar-refractivity contribution in [3.05, 3.63) is 0 Å². The zero-order valence-electron chi connectivity index (χ0n) is 13.7. The highest BCUT2D eigenvalue weighted by molar-refractivity contribution is 5.79. The number of amides is 1. The number of carbonyl (C=O) groups excluding carboxylic acids is 1. The van der Waals surface area contributed by atoms with Crippen LogP contribution in [0.25, 0.3) is 0 Å². The van der Waals surface area contributed by atoms with Gasteiger partial charge in [-0.15, -0.1) is 0 Å². The standard InChI is InChI=1S/C16H29NO4/c1-14(2,15(3,4)21)17-12(18)10-16(11-13(19)20)8-6-5-7-9-16/h21H,5-11H2,1-4H3,(H,17,18)(H,19,20). The van der Waals surface area contributed by atoms with Crippen molar-refractivity contribution < 1.29 is 19.8 Å². The van der Waals surface area contributed by atoms with E-state index in [1.807, 2.05) is 0 Å². The lowest BCUT2D eigenvalue weighted by Gasteiger charge is -2.40. The largest absolute Gasteiger partial charge is 0.481 e. The minimum atomic E-state index is -1.05. The molecule has 0 saturated heterocycles. The third-order valence-electron chi connectivity index (χ3n) is 4.96. The molecule has 3 N–H and O–H groups in total. The normalized spacial score (nSPS) is 19.1. The van der Waals surface area contributed by atoms with Gasteiger partial charge >= 0.3 is 5.97 Å². The third kappa shape index (κ3) is 4.99. The lowest BCUT2D eigenvalue weighted by Crippen LogP contribution is -2.58. The van der Waals surface area contributed by atoms with Gasteiger partial charge in [-0.1, -0.05) is 19.3 Å². The van der Waals surface area contributed by atoms with Gasteiger partial charge in [-0.3, -0.25) is 9.59 Å². The van der Waals surface area contributed by atoms with Crippen molar-refractivity contribution in [2.75, 3.05) is 0 Å². The lowest BCUT2D eigenvalue weighted by molar-refractivity contribution is -0.141. The van der Waals surface area contributed by atoms with E-state index in [2.05, 4.69) is 5.32 Å². The number of carboxylic acids is 1. The van der Waals surface area contributed by atoms with E-state index in [9.17, 15) is 14.7 Å². The predicted octanol–water partition coefficient (Wildman–Crippen LogP) is 2.47. The van der Waals surface area contributed by atoms with E-state index in [0.29, 0.717) is 0 Å². The van der Waals surface area contributed by atoms with Crippen LogP contribution in [-0.4, -0.2) is 33.2 Å². The first kappa shape index (κ1) is 18.0. The van der Waals surface area contributed by atoms with Crippen molar-refractivity contribution >= 4 is 11.9 Å². The second kappa shape index (κ2) is 6.34. The van der Waals surface area contributed by atoms with Crippen molar-refractivity contribution in [1.29, 1.82) is 0 Å².